The highest BCUT2D eigenvalue weighted by Crippen LogP contribution is 2.31. The van der Waals surface area contributed by atoms with E-state index in [1.807, 2.05) is 0 Å². The maximum Gasteiger partial charge on any atom is 0.534 e. The summed E-state index contributed by atoms with van der Waals surface area (Å²) in [5.41, 5.74) is -6.34. The number of alkyl halides is 3. The molecule has 0 N–H and O–H groups in total. The largest absolute Gasteiger partial charge is 0.534 e. The van der Waals surface area contributed by atoms with Gasteiger partial charge >= 0.3 is 21.3 Å². The molecular formula is C10H7F3O5S2. The standard InChI is InChI=1S/C10H5F3O5S.H2S/c11-10(12,13)19(15,16)18-8-3-1-2-7-6(8)4-5-9(14)17-7;/h1-5H;1H2. The summed E-state index contributed by atoms with van der Waals surface area (Å²) in [5.74, 6) is -0.571. The van der Waals surface area contributed by atoms with E-state index in [-0.39, 0.29) is 24.5 Å². The third kappa shape index (κ3) is 3.07. The normalized spacial score (nSPS) is 11.9. The van der Waals surface area contributed by atoms with Gasteiger partial charge in [0.2, 0.25) is 0 Å². The quantitative estimate of drug-likeness (QED) is 0.480. The fraction of sp³-hybridized carbons (Fsp3) is 0.100. The number of benzene rings is 1. The van der Waals surface area contributed by atoms with Gasteiger partial charge in [-0.15, -0.1) is 0 Å². The first kappa shape index (κ1) is 16.4. The summed E-state index contributed by atoms with van der Waals surface area (Å²) in [6.45, 7) is 0. The molecule has 2 rings (SSSR count). The van der Waals surface area contributed by atoms with Gasteiger partial charge in [-0.25, -0.2) is 4.79 Å². The molecule has 0 saturated heterocycles. The van der Waals surface area contributed by atoms with Crippen LogP contribution in [0.1, 0.15) is 0 Å². The van der Waals surface area contributed by atoms with Crippen LogP contribution in [0.3, 0.4) is 0 Å². The zero-order chi connectivity index (χ0) is 14.3. The van der Waals surface area contributed by atoms with Crippen molar-refractivity contribution in [1.29, 1.82) is 0 Å². The molecule has 2 aromatic rings. The van der Waals surface area contributed by atoms with E-state index < -0.39 is 27.0 Å². The van der Waals surface area contributed by atoms with Crippen molar-refractivity contribution in [3.8, 4) is 5.75 Å². The molecular weight excluding hydrogens is 321 g/mol. The van der Waals surface area contributed by atoms with Gasteiger partial charge in [-0.3, -0.25) is 0 Å². The van der Waals surface area contributed by atoms with Crippen LogP contribution in [0.4, 0.5) is 13.2 Å². The SMILES string of the molecule is O=c1ccc2c(OS(=O)(=O)C(F)(F)F)cccc2o1.S. The van der Waals surface area contributed by atoms with E-state index in [1.54, 1.807) is 0 Å². The van der Waals surface area contributed by atoms with Crippen LogP contribution < -0.4 is 9.81 Å². The minimum absolute atomic E-state index is 0. The fourth-order valence-corrected chi connectivity index (χ4v) is 1.79. The van der Waals surface area contributed by atoms with Crippen molar-refractivity contribution in [2.45, 2.75) is 5.51 Å². The average Bonchev–Trinajstić information content (AvgIpc) is 2.26. The van der Waals surface area contributed by atoms with Crippen molar-refractivity contribution >= 4 is 34.6 Å². The number of hydrogen-bond donors (Lipinski definition) is 0. The third-order valence-corrected chi connectivity index (χ3v) is 3.07. The summed E-state index contributed by atoms with van der Waals surface area (Å²) >= 11 is 0. The molecule has 1 aromatic heterocycles. The summed E-state index contributed by atoms with van der Waals surface area (Å²) < 4.78 is 67.1. The first-order valence-electron chi connectivity index (χ1n) is 4.74. The van der Waals surface area contributed by atoms with Crippen molar-refractivity contribution in [1.82, 2.24) is 0 Å². The lowest BCUT2D eigenvalue weighted by Crippen LogP contribution is -2.28. The third-order valence-electron chi connectivity index (χ3n) is 2.11. The second-order valence-electron chi connectivity index (χ2n) is 3.41. The topological polar surface area (TPSA) is 73.6 Å². The van der Waals surface area contributed by atoms with Crippen LogP contribution in [0.5, 0.6) is 5.75 Å². The molecule has 110 valence electrons. The second-order valence-corrected chi connectivity index (χ2v) is 4.94. The molecule has 1 aromatic carbocycles. The minimum Gasteiger partial charge on any atom is -0.423 e. The van der Waals surface area contributed by atoms with Gasteiger partial charge < -0.3 is 8.60 Å². The maximum atomic E-state index is 12.2. The molecule has 0 aliphatic carbocycles. The van der Waals surface area contributed by atoms with Crippen molar-refractivity contribution in [3.63, 3.8) is 0 Å². The van der Waals surface area contributed by atoms with E-state index in [2.05, 4.69) is 4.18 Å². The number of fused-ring (bicyclic) bond motifs is 1. The Labute approximate surface area is 117 Å². The van der Waals surface area contributed by atoms with E-state index in [9.17, 15) is 26.4 Å². The van der Waals surface area contributed by atoms with Gasteiger partial charge in [-0.2, -0.15) is 35.1 Å². The molecule has 0 spiro atoms. The lowest BCUT2D eigenvalue weighted by atomic mass is 10.2. The smallest absolute Gasteiger partial charge is 0.423 e. The van der Waals surface area contributed by atoms with Crippen LogP contribution in [-0.4, -0.2) is 13.9 Å². The lowest BCUT2D eigenvalue weighted by Gasteiger charge is -2.10. The zero-order valence-corrected chi connectivity index (χ0v) is 11.3. The first-order chi connectivity index (χ1) is 8.71. The second kappa shape index (κ2) is 5.37. The molecule has 0 bridgehead atoms. The molecule has 1 heterocycles. The predicted molar refractivity (Wildman–Crippen MR) is 68.5 cm³/mol. The van der Waals surface area contributed by atoms with Gasteiger partial charge in [0.15, 0.2) is 5.75 Å². The highest BCUT2D eigenvalue weighted by Gasteiger charge is 2.48. The Morgan fingerprint density at radius 3 is 2.35 bits per heavy atom. The Morgan fingerprint density at radius 1 is 1.10 bits per heavy atom. The van der Waals surface area contributed by atoms with E-state index in [4.69, 9.17) is 4.42 Å². The molecule has 0 fully saturated rings. The van der Waals surface area contributed by atoms with E-state index in [0.29, 0.717) is 0 Å². The molecule has 0 atom stereocenters. The van der Waals surface area contributed by atoms with Crippen molar-refractivity contribution in [2.24, 2.45) is 0 Å². The highest BCUT2D eigenvalue weighted by molar-refractivity contribution is 7.88. The van der Waals surface area contributed by atoms with E-state index in [0.717, 1.165) is 18.2 Å². The number of halogens is 3. The Balaban J connectivity index is 0.00000200. The average molecular weight is 328 g/mol. The van der Waals surface area contributed by atoms with Gasteiger partial charge in [0.05, 0.1) is 5.39 Å². The van der Waals surface area contributed by atoms with Crippen LogP contribution in [0, 0.1) is 0 Å². The van der Waals surface area contributed by atoms with E-state index in [1.165, 1.54) is 12.1 Å². The van der Waals surface area contributed by atoms with Gasteiger partial charge in [0.1, 0.15) is 5.58 Å². The van der Waals surface area contributed by atoms with Gasteiger partial charge in [-0.1, -0.05) is 6.07 Å². The van der Waals surface area contributed by atoms with Crippen LogP contribution in [0.15, 0.2) is 39.5 Å². The summed E-state index contributed by atoms with van der Waals surface area (Å²) in [7, 11) is -5.77. The van der Waals surface area contributed by atoms with Crippen LogP contribution in [0.2, 0.25) is 0 Å². The van der Waals surface area contributed by atoms with Crippen molar-refractivity contribution < 1.29 is 30.2 Å². The fourth-order valence-electron chi connectivity index (χ4n) is 1.31. The predicted octanol–water partition coefficient (Wildman–Crippen LogP) is 2.13. The summed E-state index contributed by atoms with van der Waals surface area (Å²) in [6, 6.07) is 5.57. The van der Waals surface area contributed by atoms with Gasteiger partial charge in [-0.05, 0) is 18.2 Å². The zero-order valence-electron chi connectivity index (χ0n) is 9.47. The molecule has 0 radical (unpaired) electrons. The Morgan fingerprint density at radius 2 is 1.75 bits per heavy atom. The van der Waals surface area contributed by atoms with Crippen LogP contribution in [-0.2, 0) is 10.1 Å². The Kier molecular flexibility index (Phi) is 4.39. The van der Waals surface area contributed by atoms with E-state index >= 15 is 0 Å². The molecule has 10 heteroatoms. The van der Waals surface area contributed by atoms with Crippen molar-refractivity contribution in [3.05, 3.63) is 40.8 Å². The number of rotatable bonds is 2. The molecule has 0 aliphatic rings. The lowest BCUT2D eigenvalue weighted by molar-refractivity contribution is -0.0499. The van der Waals surface area contributed by atoms with Crippen LogP contribution >= 0.6 is 13.5 Å². The summed E-state index contributed by atoms with van der Waals surface area (Å²) in [5, 5.41) is -0.0603. The maximum absolute atomic E-state index is 12.2. The Bertz CT molecular complexity index is 779. The molecule has 0 amide bonds. The molecule has 20 heavy (non-hydrogen) atoms. The minimum atomic E-state index is -5.77. The number of hydrogen-bond acceptors (Lipinski definition) is 5. The van der Waals surface area contributed by atoms with Gasteiger partial charge in [0.25, 0.3) is 0 Å². The van der Waals surface area contributed by atoms with Gasteiger partial charge in [0, 0.05) is 6.07 Å². The molecule has 0 aliphatic heterocycles. The van der Waals surface area contributed by atoms with Crippen LogP contribution in [0.25, 0.3) is 11.0 Å². The Hall–Kier alpha value is -1.68. The summed E-state index contributed by atoms with van der Waals surface area (Å²) in [4.78, 5) is 10.9. The highest BCUT2D eigenvalue weighted by atomic mass is 32.2. The molecule has 0 saturated carbocycles. The monoisotopic (exact) mass is 328 g/mol. The molecule has 0 unspecified atom stereocenters. The summed E-state index contributed by atoms with van der Waals surface area (Å²) in [6.07, 6.45) is 0. The first-order valence-corrected chi connectivity index (χ1v) is 6.15. The molecule has 5 nitrogen and oxygen atoms in total. The van der Waals surface area contributed by atoms with Crippen molar-refractivity contribution in [2.75, 3.05) is 0 Å².